The molecule has 0 N–H and O–H groups in total. The lowest BCUT2D eigenvalue weighted by Gasteiger charge is -2.27. The van der Waals surface area contributed by atoms with E-state index in [9.17, 15) is 14.4 Å². The van der Waals surface area contributed by atoms with Gasteiger partial charge < -0.3 is 9.47 Å². The number of methoxy groups -OCH3 is 2. The fourth-order valence-electron chi connectivity index (χ4n) is 2.64. The fraction of sp³-hybridized carbons (Fsp3) is 0.471. The first-order chi connectivity index (χ1) is 10.5. The van der Waals surface area contributed by atoms with E-state index in [4.69, 9.17) is 9.47 Å². The second-order valence-corrected chi connectivity index (χ2v) is 5.12. The second kappa shape index (κ2) is 8.32. The Morgan fingerprint density at radius 3 is 1.91 bits per heavy atom. The zero-order valence-corrected chi connectivity index (χ0v) is 13.4. The molecular weight excluding hydrogens is 284 g/mol. The quantitative estimate of drug-likeness (QED) is 0.440. The summed E-state index contributed by atoms with van der Waals surface area (Å²) in [6, 6.07) is 8.82. The maximum atomic E-state index is 12.6. The van der Waals surface area contributed by atoms with Gasteiger partial charge in [-0.25, -0.2) is 0 Å². The highest BCUT2D eigenvalue weighted by Crippen LogP contribution is 2.29. The van der Waals surface area contributed by atoms with Crippen molar-refractivity contribution in [3.63, 3.8) is 0 Å². The molecule has 0 aliphatic carbocycles. The van der Waals surface area contributed by atoms with Crippen molar-refractivity contribution >= 4 is 17.7 Å². The van der Waals surface area contributed by atoms with Crippen molar-refractivity contribution in [2.45, 2.75) is 20.3 Å². The molecule has 0 aliphatic heterocycles. The summed E-state index contributed by atoms with van der Waals surface area (Å²) in [5, 5.41) is 0. The van der Waals surface area contributed by atoms with E-state index in [0.717, 1.165) is 0 Å². The summed E-state index contributed by atoms with van der Waals surface area (Å²) >= 11 is 0. The number of ether oxygens (including phenoxy) is 2. The van der Waals surface area contributed by atoms with Gasteiger partial charge in [-0.2, -0.15) is 0 Å². The SMILES string of the molecule is CC[C@H](C(C(=O)OC)C(=O)OC)[C@@H](C)C(=O)c1ccccc1. The first kappa shape index (κ1) is 17.9. The van der Waals surface area contributed by atoms with Crippen LogP contribution in [0.5, 0.6) is 0 Å². The standard InChI is InChI=1S/C17H22O5/c1-5-13(14(16(19)21-3)17(20)22-4)11(2)15(18)12-9-7-6-8-10-12/h6-11,13-14H,5H2,1-4H3/t11-,13+/m1/s1. The Hall–Kier alpha value is -2.17. The molecule has 0 heterocycles. The molecule has 22 heavy (non-hydrogen) atoms. The summed E-state index contributed by atoms with van der Waals surface area (Å²) in [7, 11) is 2.43. The molecule has 2 atom stereocenters. The van der Waals surface area contributed by atoms with Crippen LogP contribution < -0.4 is 0 Å². The predicted octanol–water partition coefficient (Wildman–Crippen LogP) is 2.49. The fourth-order valence-corrected chi connectivity index (χ4v) is 2.64. The Kier molecular flexibility index (Phi) is 6.76. The van der Waals surface area contributed by atoms with E-state index in [-0.39, 0.29) is 5.78 Å². The molecule has 5 nitrogen and oxygen atoms in total. The highest BCUT2D eigenvalue weighted by atomic mass is 16.5. The summed E-state index contributed by atoms with van der Waals surface area (Å²) in [6.45, 7) is 3.56. The highest BCUT2D eigenvalue weighted by molar-refractivity contribution is 6.00. The van der Waals surface area contributed by atoms with Gasteiger partial charge in [0.2, 0.25) is 0 Å². The third-order valence-corrected chi connectivity index (χ3v) is 3.92. The lowest BCUT2D eigenvalue weighted by atomic mass is 9.77. The van der Waals surface area contributed by atoms with Gasteiger partial charge in [0.15, 0.2) is 11.7 Å². The van der Waals surface area contributed by atoms with Gasteiger partial charge in [-0.05, 0) is 5.92 Å². The van der Waals surface area contributed by atoms with Crippen LogP contribution >= 0.6 is 0 Å². The molecule has 0 fully saturated rings. The van der Waals surface area contributed by atoms with Gasteiger partial charge in [0, 0.05) is 11.5 Å². The molecule has 0 unspecified atom stereocenters. The van der Waals surface area contributed by atoms with Crippen molar-refractivity contribution in [3.8, 4) is 0 Å². The Morgan fingerprint density at radius 1 is 1.00 bits per heavy atom. The summed E-state index contributed by atoms with van der Waals surface area (Å²) in [5.74, 6) is -3.53. The Bertz CT molecular complexity index is 507. The number of rotatable bonds is 7. The lowest BCUT2D eigenvalue weighted by molar-refractivity contribution is -0.162. The van der Waals surface area contributed by atoms with Crippen LogP contribution in [0.3, 0.4) is 0 Å². The topological polar surface area (TPSA) is 69.7 Å². The van der Waals surface area contributed by atoms with Gasteiger partial charge in [0.05, 0.1) is 14.2 Å². The zero-order chi connectivity index (χ0) is 16.7. The number of Topliss-reactive ketones (excluding diaryl/α,β-unsaturated/α-hetero) is 1. The number of hydrogen-bond acceptors (Lipinski definition) is 5. The van der Waals surface area contributed by atoms with Crippen LogP contribution in [-0.2, 0) is 19.1 Å². The normalized spacial score (nSPS) is 13.3. The Balaban J connectivity index is 3.08. The van der Waals surface area contributed by atoms with Crippen molar-refractivity contribution in [1.82, 2.24) is 0 Å². The van der Waals surface area contributed by atoms with Gasteiger partial charge in [0.1, 0.15) is 0 Å². The molecule has 0 radical (unpaired) electrons. The van der Waals surface area contributed by atoms with Gasteiger partial charge >= 0.3 is 11.9 Å². The van der Waals surface area contributed by atoms with Crippen LogP contribution in [-0.4, -0.2) is 31.9 Å². The molecule has 5 heteroatoms. The molecule has 1 rings (SSSR count). The van der Waals surface area contributed by atoms with Gasteiger partial charge in [0.25, 0.3) is 0 Å². The molecule has 1 aromatic carbocycles. The minimum absolute atomic E-state index is 0.106. The van der Waals surface area contributed by atoms with Crippen molar-refractivity contribution in [1.29, 1.82) is 0 Å². The largest absolute Gasteiger partial charge is 0.468 e. The molecule has 0 amide bonds. The lowest BCUT2D eigenvalue weighted by Crippen LogP contribution is -2.38. The summed E-state index contributed by atoms with van der Waals surface area (Å²) in [6.07, 6.45) is 0.481. The van der Waals surface area contributed by atoms with Crippen LogP contribution in [0.4, 0.5) is 0 Å². The number of benzene rings is 1. The first-order valence-corrected chi connectivity index (χ1v) is 7.22. The number of hydrogen-bond donors (Lipinski definition) is 0. The van der Waals surface area contributed by atoms with Gasteiger partial charge in [-0.3, -0.25) is 14.4 Å². The minimum Gasteiger partial charge on any atom is -0.468 e. The Labute approximate surface area is 130 Å². The molecule has 0 saturated carbocycles. The number of carbonyl (C=O) groups is 3. The maximum Gasteiger partial charge on any atom is 0.320 e. The van der Waals surface area contributed by atoms with Crippen molar-refractivity contribution < 1.29 is 23.9 Å². The van der Waals surface area contributed by atoms with E-state index in [1.807, 2.05) is 13.0 Å². The summed E-state index contributed by atoms with van der Waals surface area (Å²) < 4.78 is 9.41. The average Bonchev–Trinajstić information content (AvgIpc) is 2.57. The molecule has 0 saturated heterocycles. The van der Waals surface area contributed by atoms with E-state index >= 15 is 0 Å². The highest BCUT2D eigenvalue weighted by Gasteiger charge is 2.40. The molecule has 0 spiro atoms. The van der Waals surface area contributed by atoms with Crippen LogP contribution in [0.15, 0.2) is 30.3 Å². The third kappa shape index (κ3) is 3.93. The molecule has 0 bridgehead atoms. The van der Waals surface area contributed by atoms with E-state index in [1.54, 1.807) is 31.2 Å². The monoisotopic (exact) mass is 306 g/mol. The van der Waals surface area contributed by atoms with Crippen molar-refractivity contribution in [2.24, 2.45) is 17.8 Å². The number of ketones is 1. The molecule has 120 valence electrons. The number of carbonyl (C=O) groups excluding carboxylic acids is 3. The van der Waals surface area contributed by atoms with E-state index < -0.39 is 29.7 Å². The smallest absolute Gasteiger partial charge is 0.320 e. The van der Waals surface area contributed by atoms with Crippen LogP contribution in [0.25, 0.3) is 0 Å². The minimum atomic E-state index is -1.09. The molecular formula is C17H22O5. The van der Waals surface area contributed by atoms with Gasteiger partial charge in [-0.1, -0.05) is 50.6 Å². The molecule has 1 aromatic rings. The number of esters is 2. The van der Waals surface area contributed by atoms with E-state index in [2.05, 4.69) is 0 Å². The Morgan fingerprint density at radius 2 is 1.50 bits per heavy atom. The van der Waals surface area contributed by atoms with Crippen LogP contribution in [0.2, 0.25) is 0 Å². The summed E-state index contributed by atoms with van der Waals surface area (Å²) in [4.78, 5) is 36.5. The second-order valence-electron chi connectivity index (χ2n) is 5.12. The average molecular weight is 306 g/mol. The van der Waals surface area contributed by atoms with Crippen molar-refractivity contribution in [3.05, 3.63) is 35.9 Å². The molecule has 0 aromatic heterocycles. The van der Waals surface area contributed by atoms with E-state index in [0.29, 0.717) is 12.0 Å². The zero-order valence-electron chi connectivity index (χ0n) is 13.4. The van der Waals surface area contributed by atoms with E-state index in [1.165, 1.54) is 14.2 Å². The van der Waals surface area contributed by atoms with Crippen molar-refractivity contribution in [2.75, 3.05) is 14.2 Å². The van der Waals surface area contributed by atoms with Gasteiger partial charge in [-0.15, -0.1) is 0 Å². The first-order valence-electron chi connectivity index (χ1n) is 7.22. The third-order valence-electron chi connectivity index (χ3n) is 3.92. The maximum absolute atomic E-state index is 12.6. The molecule has 0 aliphatic rings. The predicted molar refractivity (Wildman–Crippen MR) is 81.2 cm³/mol. The van der Waals surface area contributed by atoms with Crippen LogP contribution in [0.1, 0.15) is 30.6 Å². The van der Waals surface area contributed by atoms with Crippen LogP contribution in [0, 0.1) is 17.8 Å². The summed E-state index contributed by atoms with van der Waals surface area (Å²) in [5.41, 5.74) is 0.557.